The normalized spacial score (nSPS) is 25.9. The lowest BCUT2D eigenvalue weighted by molar-refractivity contribution is -0.138. The second-order valence-electron chi connectivity index (χ2n) is 4.47. The van der Waals surface area contributed by atoms with E-state index in [1.165, 1.54) is 38.2 Å². The van der Waals surface area contributed by atoms with Crippen molar-refractivity contribution < 1.29 is 9.53 Å². The molecular formula is C13H22O2. The lowest BCUT2D eigenvalue weighted by Crippen LogP contribution is -2.17. The number of ether oxygens (including phenoxy) is 1. The van der Waals surface area contributed by atoms with Crippen molar-refractivity contribution in [2.24, 2.45) is 11.8 Å². The molecule has 15 heavy (non-hydrogen) atoms. The van der Waals surface area contributed by atoms with Crippen LogP contribution in [-0.2, 0) is 9.53 Å². The fourth-order valence-corrected chi connectivity index (χ4v) is 2.42. The Kier molecular flexibility index (Phi) is 5.44. The first kappa shape index (κ1) is 12.3. The van der Waals surface area contributed by atoms with Crippen LogP contribution in [0.5, 0.6) is 0 Å². The fraction of sp³-hybridized carbons (Fsp3) is 0.769. The average Bonchev–Trinajstić information content (AvgIpc) is 2.29. The number of carbonyl (C=O) groups excluding carboxylic acids is 1. The summed E-state index contributed by atoms with van der Waals surface area (Å²) in [6, 6.07) is 0. The first-order valence-electron chi connectivity index (χ1n) is 6.05. The van der Waals surface area contributed by atoms with Crippen LogP contribution in [0.2, 0.25) is 0 Å². The Balaban J connectivity index is 2.15. The van der Waals surface area contributed by atoms with Gasteiger partial charge in [-0.3, -0.25) is 0 Å². The Morgan fingerprint density at radius 1 is 1.47 bits per heavy atom. The maximum atomic E-state index is 10.8. The molecule has 0 aromatic carbocycles. The highest BCUT2D eigenvalue weighted by Crippen LogP contribution is 2.32. The van der Waals surface area contributed by atoms with Gasteiger partial charge in [-0.2, -0.15) is 0 Å². The van der Waals surface area contributed by atoms with Crippen molar-refractivity contribution in [2.45, 2.75) is 45.4 Å². The molecule has 1 saturated carbocycles. The summed E-state index contributed by atoms with van der Waals surface area (Å²) >= 11 is 0. The molecule has 2 heteroatoms. The molecule has 0 aliphatic heterocycles. The summed E-state index contributed by atoms with van der Waals surface area (Å²) in [6.07, 6.45) is 8.91. The molecule has 2 atom stereocenters. The minimum absolute atomic E-state index is 0.294. The van der Waals surface area contributed by atoms with Gasteiger partial charge >= 0.3 is 5.97 Å². The molecule has 2 unspecified atom stereocenters. The highest BCUT2D eigenvalue weighted by atomic mass is 16.5. The molecule has 0 spiro atoms. The van der Waals surface area contributed by atoms with Crippen LogP contribution < -0.4 is 0 Å². The Morgan fingerprint density at radius 2 is 2.20 bits per heavy atom. The quantitative estimate of drug-likeness (QED) is 0.514. The average molecular weight is 210 g/mol. The Bertz CT molecular complexity index is 211. The van der Waals surface area contributed by atoms with Crippen molar-refractivity contribution in [3.63, 3.8) is 0 Å². The number of carbonyl (C=O) groups is 1. The molecule has 0 radical (unpaired) electrons. The molecule has 1 aliphatic carbocycles. The number of rotatable bonds is 5. The standard InChI is InChI=1S/C13H22O2/c1-3-11-6-5-7-12(10-11)8-9-15-13(14)4-2/h4,11-12H,2-3,5-10H2,1H3. The zero-order chi connectivity index (χ0) is 11.1. The van der Waals surface area contributed by atoms with Crippen LogP contribution in [0.3, 0.4) is 0 Å². The van der Waals surface area contributed by atoms with Gasteiger partial charge in [0.2, 0.25) is 0 Å². The molecule has 0 bridgehead atoms. The van der Waals surface area contributed by atoms with Gasteiger partial charge in [-0.05, 0) is 24.7 Å². The van der Waals surface area contributed by atoms with Gasteiger partial charge in [-0.25, -0.2) is 4.79 Å². The van der Waals surface area contributed by atoms with Crippen molar-refractivity contribution in [3.8, 4) is 0 Å². The Labute approximate surface area is 92.7 Å². The van der Waals surface area contributed by atoms with Crippen LogP contribution in [-0.4, -0.2) is 12.6 Å². The van der Waals surface area contributed by atoms with Crippen LogP contribution in [0, 0.1) is 11.8 Å². The summed E-state index contributed by atoms with van der Waals surface area (Å²) in [5.41, 5.74) is 0. The third-order valence-corrected chi connectivity index (χ3v) is 3.41. The molecule has 0 aromatic rings. The summed E-state index contributed by atoms with van der Waals surface area (Å²) < 4.78 is 5.01. The summed E-state index contributed by atoms with van der Waals surface area (Å²) in [7, 11) is 0. The lowest BCUT2D eigenvalue weighted by Gasteiger charge is -2.28. The Morgan fingerprint density at radius 3 is 2.87 bits per heavy atom. The van der Waals surface area contributed by atoms with Crippen LogP contribution in [0.4, 0.5) is 0 Å². The second kappa shape index (κ2) is 6.65. The minimum Gasteiger partial charge on any atom is -0.463 e. The highest BCUT2D eigenvalue weighted by molar-refractivity contribution is 5.81. The highest BCUT2D eigenvalue weighted by Gasteiger charge is 2.20. The number of esters is 1. The molecule has 0 heterocycles. The molecule has 0 aromatic heterocycles. The maximum Gasteiger partial charge on any atom is 0.330 e. The van der Waals surface area contributed by atoms with Crippen molar-refractivity contribution in [1.82, 2.24) is 0 Å². The molecule has 2 nitrogen and oxygen atoms in total. The van der Waals surface area contributed by atoms with Crippen LogP contribution in [0.25, 0.3) is 0 Å². The van der Waals surface area contributed by atoms with Gasteiger partial charge in [0.25, 0.3) is 0 Å². The summed E-state index contributed by atoms with van der Waals surface area (Å²) in [5.74, 6) is 1.37. The summed E-state index contributed by atoms with van der Waals surface area (Å²) in [4.78, 5) is 10.8. The van der Waals surface area contributed by atoms with Gasteiger partial charge in [0.1, 0.15) is 0 Å². The molecule has 0 N–H and O–H groups in total. The molecule has 86 valence electrons. The van der Waals surface area contributed by atoms with Crippen molar-refractivity contribution in [2.75, 3.05) is 6.61 Å². The predicted molar refractivity (Wildman–Crippen MR) is 61.5 cm³/mol. The van der Waals surface area contributed by atoms with Crippen molar-refractivity contribution >= 4 is 5.97 Å². The summed E-state index contributed by atoms with van der Waals surface area (Å²) in [5, 5.41) is 0. The van der Waals surface area contributed by atoms with E-state index in [-0.39, 0.29) is 5.97 Å². The first-order chi connectivity index (χ1) is 7.26. The van der Waals surface area contributed by atoms with E-state index >= 15 is 0 Å². The SMILES string of the molecule is C=CC(=O)OCCC1CCCC(CC)C1. The van der Waals surface area contributed by atoms with Crippen LogP contribution in [0.1, 0.15) is 45.4 Å². The molecule has 1 aliphatic rings. The molecule has 0 saturated heterocycles. The largest absolute Gasteiger partial charge is 0.463 e. The third-order valence-electron chi connectivity index (χ3n) is 3.41. The van der Waals surface area contributed by atoms with E-state index in [0.29, 0.717) is 6.61 Å². The van der Waals surface area contributed by atoms with Crippen LogP contribution >= 0.6 is 0 Å². The smallest absolute Gasteiger partial charge is 0.330 e. The molecule has 1 fully saturated rings. The van der Waals surface area contributed by atoms with Crippen LogP contribution in [0.15, 0.2) is 12.7 Å². The predicted octanol–water partition coefficient (Wildman–Crippen LogP) is 3.32. The zero-order valence-corrected chi connectivity index (χ0v) is 9.71. The van der Waals surface area contributed by atoms with Gasteiger partial charge in [0, 0.05) is 6.08 Å². The van der Waals surface area contributed by atoms with E-state index in [9.17, 15) is 4.79 Å². The van der Waals surface area contributed by atoms with Gasteiger partial charge in [-0.15, -0.1) is 0 Å². The summed E-state index contributed by atoms with van der Waals surface area (Å²) in [6.45, 7) is 6.21. The second-order valence-corrected chi connectivity index (χ2v) is 4.47. The number of hydrogen-bond acceptors (Lipinski definition) is 2. The van der Waals surface area contributed by atoms with Gasteiger partial charge < -0.3 is 4.74 Å². The Hall–Kier alpha value is -0.790. The fourth-order valence-electron chi connectivity index (χ4n) is 2.42. The van der Waals surface area contributed by atoms with E-state index in [1.54, 1.807) is 0 Å². The van der Waals surface area contributed by atoms with E-state index in [0.717, 1.165) is 18.3 Å². The zero-order valence-electron chi connectivity index (χ0n) is 9.71. The first-order valence-corrected chi connectivity index (χ1v) is 6.05. The van der Waals surface area contributed by atoms with Crippen molar-refractivity contribution in [1.29, 1.82) is 0 Å². The number of hydrogen-bond donors (Lipinski definition) is 0. The monoisotopic (exact) mass is 210 g/mol. The van der Waals surface area contributed by atoms with Gasteiger partial charge in [-0.1, -0.05) is 39.2 Å². The van der Waals surface area contributed by atoms with E-state index in [1.807, 2.05) is 0 Å². The van der Waals surface area contributed by atoms with Gasteiger partial charge in [0.05, 0.1) is 6.61 Å². The van der Waals surface area contributed by atoms with E-state index in [4.69, 9.17) is 4.74 Å². The van der Waals surface area contributed by atoms with E-state index in [2.05, 4.69) is 13.5 Å². The maximum absolute atomic E-state index is 10.8. The molecule has 1 rings (SSSR count). The van der Waals surface area contributed by atoms with Crippen molar-refractivity contribution in [3.05, 3.63) is 12.7 Å². The molecule has 0 amide bonds. The lowest BCUT2D eigenvalue weighted by atomic mass is 9.79. The molecular weight excluding hydrogens is 188 g/mol. The van der Waals surface area contributed by atoms with Gasteiger partial charge in [0.15, 0.2) is 0 Å². The third kappa shape index (κ3) is 4.50. The van der Waals surface area contributed by atoms with E-state index < -0.39 is 0 Å². The minimum atomic E-state index is -0.294. The topological polar surface area (TPSA) is 26.3 Å².